The Morgan fingerprint density at radius 1 is 0.325 bits per heavy atom. The molecule has 0 bridgehead atoms. The van der Waals surface area contributed by atoms with Crippen LogP contribution in [0.25, 0.3) is 0 Å². The molecule has 224 valence electrons. The van der Waals surface area contributed by atoms with Crippen LogP contribution in [-0.4, -0.2) is 69.1 Å². The van der Waals surface area contributed by atoms with E-state index >= 15 is 0 Å². The molecule has 0 fully saturated rings. The number of carbonyl (C=O) groups excluding carboxylic acids is 8. The fourth-order valence-electron chi connectivity index (χ4n) is 4.08. The molecule has 0 aromatic carbocycles. The van der Waals surface area contributed by atoms with Crippen LogP contribution in [0.2, 0.25) is 0 Å². The van der Waals surface area contributed by atoms with Crippen molar-refractivity contribution in [3.8, 4) is 0 Å². The van der Waals surface area contributed by atoms with Crippen LogP contribution in [0.15, 0.2) is 0 Å². The molecule has 0 amide bonds. The fourth-order valence-corrected chi connectivity index (χ4v) is 4.08. The van der Waals surface area contributed by atoms with E-state index in [9.17, 15) is 43.2 Å². The highest BCUT2D eigenvalue weighted by atomic mass is 16.4. The average Bonchev–Trinajstić information content (AvgIpc) is 2.95. The minimum Gasteiger partial charge on any atom is -0.475 e. The van der Waals surface area contributed by atoms with Gasteiger partial charge in [-0.25, -0.2) is 4.79 Å². The summed E-state index contributed by atoms with van der Waals surface area (Å²) in [6.07, 6.45) is 19.0. The summed E-state index contributed by atoms with van der Waals surface area (Å²) in [6.45, 7) is 0.292. The number of ketones is 8. The van der Waals surface area contributed by atoms with Crippen LogP contribution in [0, 0.1) is 0 Å². The Morgan fingerprint density at radius 2 is 0.575 bits per heavy atom. The van der Waals surface area contributed by atoms with Gasteiger partial charge in [-0.15, -0.1) is 0 Å². The first-order valence-electron chi connectivity index (χ1n) is 14.2. The third-order valence-electron chi connectivity index (χ3n) is 6.50. The molecule has 0 aromatic rings. The Balaban J connectivity index is 3.86. The number of carboxylic acid groups (broad SMARTS) is 1. The molecule has 0 aliphatic carbocycles. The van der Waals surface area contributed by atoms with Crippen LogP contribution in [0.3, 0.4) is 0 Å². The van der Waals surface area contributed by atoms with Gasteiger partial charge in [-0.05, 0) is 12.8 Å². The number of aliphatic hydroxyl groups is 1. The van der Waals surface area contributed by atoms with Gasteiger partial charge in [-0.3, -0.25) is 38.4 Å². The van der Waals surface area contributed by atoms with Crippen LogP contribution >= 0.6 is 0 Å². The summed E-state index contributed by atoms with van der Waals surface area (Å²) in [5, 5.41) is 17.1. The molecule has 0 heterocycles. The Kier molecular flexibility index (Phi) is 20.8. The van der Waals surface area contributed by atoms with Gasteiger partial charge in [0.25, 0.3) is 34.7 Å². The van der Waals surface area contributed by atoms with Crippen LogP contribution < -0.4 is 0 Å². The Labute approximate surface area is 234 Å². The zero-order valence-electron chi connectivity index (χ0n) is 23.2. The second-order valence-electron chi connectivity index (χ2n) is 9.87. The quantitative estimate of drug-likeness (QED) is 0.0802. The Morgan fingerprint density at radius 3 is 0.875 bits per heavy atom. The molecule has 0 unspecified atom stereocenters. The zero-order chi connectivity index (χ0) is 30.3. The number of aliphatic hydroxyl groups excluding tert-OH is 1. The van der Waals surface area contributed by atoms with Gasteiger partial charge < -0.3 is 10.2 Å². The summed E-state index contributed by atoms with van der Waals surface area (Å²) < 4.78 is 0. The van der Waals surface area contributed by atoms with E-state index in [4.69, 9.17) is 10.2 Å². The molecule has 0 aliphatic heterocycles. The molecule has 0 saturated carbocycles. The summed E-state index contributed by atoms with van der Waals surface area (Å²) in [6, 6.07) is 0. The zero-order valence-corrected chi connectivity index (χ0v) is 23.2. The molecule has 2 N–H and O–H groups in total. The largest absolute Gasteiger partial charge is 0.475 e. The maximum atomic E-state index is 11.9. The molecule has 0 aromatic heterocycles. The second kappa shape index (κ2) is 22.6. The fraction of sp³-hybridized carbons (Fsp3) is 0.690. The molecule has 40 heavy (non-hydrogen) atoms. The molecule has 0 rings (SSSR count). The predicted molar refractivity (Wildman–Crippen MR) is 143 cm³/mol. The van der Waals surface area contributed by atoms with Crippen LogP contribution in [0.1, 0.15) is 122 Å². The highest BCUT2D eigenvalue weighted by Gasteiger charge is 2.41. The first-order chi connectivity index (χ1) is 19.1. The van der Waals surface area contributed by atoms with Crippen molar-refractivity contribution in [3.63, 3.8) is 0 Å². The number of Topliss-reactive ketones (excluding diaryl/α,β-unsaturated/α-hetero) is 8. The lowest BCUT2D eigenvalue weighted by atomic mass is 9.98. The van der Waals surface area contributed by atoms with Gasteiger partial charge in [0.1, 0.15) is 0 Å². The summed E-state index contributed by atoms with van der Waals surface area (Å²) >= 11 is 0. The summed E-state index contributed by atoms with van der Waals surface area (Å²) in [5.41, 5.74) is 0. The second-order valence-corrected chi connectivity index (χ2v) is 9.87. The maximum absolute atomic E-state index is 11.9. The normalized spacial score (nSPS) is 10.6. The van der Waals surface area contributed by atoms with Crippen molar-refractivity contribution in [3.05, 3.63) is 0 Å². The first-order valence-corrected chi connectivity index (χ1v) is 14.2. The average molecular weight is 567 g/mol. The molecule has 0 aliphatic rings. The lowest BCUT2D eigenvalue weighted by molar-refractivity contribution is -0.157. The number of unbranched alkanes of at least 4 members (excludes halogenated alkanes) is 17. The van der Waals surface area contributed by atoms with Crippen molar-refractivity contribution >= 4 is 52.2 Å². The number of carboxylic acids is 1. The van der Waals surface area contributed by atoms with Crippen LogP contribution in [0.4, 0.5) is 0 Å². The van der Waals surface area contributed by atoms with E-state index in [0.29, 0.717) is 13.0 Å². The molecule has 11 heteroatoms. The van der Waals surface area contributed by atoms with Crippen LogP contribution in [-0.2, 0) is 43.2 Å². The third kappa shape index (κ3) is 16.0. The molecule has 0 atom stereocenters. The van der Waals surface area contributed by atoms with Gasteiger partial charge >= 0.3 is 11.8 Å². The van der Waals surface area contributed by atoms with Gasteiger partial charge in [0, 0.05) is 13.0 Å². The summed E-state index contributed by atoms with van der Waals surface area (Å²) in [4.78, 5) is 103. The molecule has 0 saturated heterocycles. The Bertz CT molecular complexity index is 917. The maximum Gasteiger partial charge on any atom is 0.380 e. The number of hydrogen-bond donors (Lipinski definition) is 2. The molecule has 0 spiro atoms. The molecular weight excluding hydrogens is 524 g/mol. The van der Waals surface area contributed by atoms with Crippen molar-refractivity contribution < 1.29 is 53.4 Å². The van der Waals surface area contributed by atoms with Gasteiger partial charge in [-0.1, -0.05) is 103 Å². The van der Waals surface area contributed by atoms with Gasteiger partial charge in [0.15, 0.2) is 0 Å². The molecule has 11 nitrogen and oxygen atoms in total. The summed E-state index contributed by atoms with van der Waals surface area (Å²) in [7, 11) is 0. The van der Waals surface area contributed by atoms with Gasteiger partial charge in [0.05, 0.1) is 0 Å². The van der Waals surface area contributed by atoms with Gasteiger partial charge in [-0.2, -0.15) is 0 Å². The van der Waals surface area contributed by atoms with Crippen molar-refractivity contribution in [2.45, 2.75) is 122 Å². The van der Waals surface area contributed by atoms with E-state index in [0.717, 1.165) is 38.5 Å². The monoisotopic (exact) mass is 566 g/mol. The number of rotatable bonds is 28. The van der Waals surface area contributed by atoms with E-state index in [1.165, 1.54) is 64.2 Å². The van der Waals surface area contributed by atoms with Crippen LogP contribution in [0.5, 0.6) is 0 Å². The third-order valence-corrected chi connectivity index (χ3v) is 6.50. The van der Waals surface area contributed by atoms with Crippen molar-refractivity contribution in [1.29, 1.82) is 0 Å². The van der Waals surface area contributed by atoms with Crippen molar-refractivity contribution in [1.82, 2.24) is 0 Å². The smallest absolute Gasteiger partial charge is 0.380 e. The van der Waals surface area contributed by atoms with E-state index in [1.54, 1.807) is 0 Å². The standard InChI is InChI=1S/C29H42O11/c30-20-18-16-14-12-10-8-6-4-2-1-3-5-7-9-11-13-15-17-19-21(31)22(32)23(33)24(34)25(35)26(36)27(37)28(38)29(39)40/h30H,1-20H2,(H,39,40). The molecule has 0 radical (unpaired) electrons. The van der Waals surface area contributed by atoms with E-state index in [-0.39, 0.29) is 12.8 Å². The van der Waals surface area contributed by atoms with E-state index in [1.807, 2.05) is 0 Å². The highest BCUT2D eigenvalue weighted by molar-refractivity contribution is 7.00. The summed E-state index contributed by atoms with van der Waals surface area (Å²) in [5.74, 6) is -19.1. The number of hydrogen-bond acceptors (Lipinski definition) is 10. The Hall–Kier alpha value is -3.21. The highest BCUT2D eigenvalue weighted by Crippen LogP contribution is 2.14. The lowest BCUT2D eigenvalue weighted by Crippen LogP contribution is -2.43. The van der Waals surface area contributed by atoms with Crippen molar-refractivity contribution in [2.24, 2.45) is 0 Å². The predicted octanol–water partition coefficient (Wildman–Crippen LogP) is 3.03. The minimum absolute atomic E-state index is 0.285. The lowest BCUT2D eigenvalue weighted by Gasteiger charge is -2.04. The number of carbonyl (C=O) groups is 9. The topological polar surface area (TPSA) is 194 Å². The van der Waals surface area contributed by atoms with Crippen molar-refractivity contribution in [2.75, 3.05) is 6.61 Å². The number of aliphatic carboxylic acids is 1. The minimum atomic E-state index is -2.36. The van der Waals surface area contributed by atoms with Gasteiger partial charge in [0.2, 0.25) is 5.78 Å². The SMILES string of the molecule is O=C(O)C(=O)C(=O)C(=O)C(=O)C(=O)C(=O)C(=O)C(=O)CCCCCCCCCCCCCCCCCCCCO. The molecular formula is C29H42O11. The van der Waals surface area contributed by atoms with E-state index in [2.05, 4.69) is 0 Å². The van der Waals surface area contributed by atoms with E-state index < -0.39 is 52.2 Å². The first kappa shape index (κ1) is 36.8.